The number of benzene rings is 1. The molecule has 0 radical (unpaired) electrons. The monoisotopic (exact) mass is 301 g/mol. The number of ether oxygens (including phenoxy) is 1. The van der Waals surface area contributed by atoms with Crippen LogP contribution >= 0.6 is 0 Å². The van der Waals surface area contributed by atoms with Crippen LogP contribution in [0, 0.1) is 13.8 Å². The molecule has 0 heterocycles. The van der Waals surface area contributed by atoms with Gasteiger partial charge in [-0.25, -0.2) is 8.42 Å². The first-order valence-electron chi connectivity index (χ1n) is 5.99. The van der Waals surface area contributed by atoms with Crippen LogP contribution in [0.4, 0.5) is 0 Å². The molecule has 0 aliphatic carbocycles. The summed E-state index contributed by atoms with van der Waals surface area (Å²) in [5.41, 5.74) is 1.19. The molecule has 1 N–H and O–H groups in total. The third-order valence-corrected chi connectivity index (χ3v) is 5.32. The lowest BCUT2D eigenvalue weighted by Crippen LogP contribution is -2.40. The number of sulfonamides is 1. The quantitative estimate of drug-likeness (QED) is 0.889. The van der Waals surface area contributed by atoms with Gasteiger partial charge in [0.15, 0.2) is 0 Å². The summed E-state index contributed by atoms with van der Waals surface area (Å²) >= 11 is 0. The summed E-state index contributed by atoms with van der Waals surface area (Å²) in [5, 5.41) is 8.94. The molecule has 1 unspecified atom stereocenters. The van der Waals surface area contributed by atoms with E-state index in [1.807, 2.05) is 0 Å². The molecule has 1 aromatic rings. The van der Waals surface area contributed by atoms with Gasteiger partial charge in [0.25, 0.3) is 0 Å². The van der Waals surface area contributed by atoms with E-state index in [-0.39, 0.29) is 4.90 Å². The van der Waals surface area contributed by atoms with Gasteiger partial charge in [0.05, 0.1) is 12.0 Å². The van der Waals surface area contributed by atoms with Crippen LogP contribution in [0.2, 0.25) is 0 Å². The fraction of sp³-hybridized carbons (Fsp3) is 0.462. The van der Waals surface area contributed by atoms with Gasteiger partial charge in [0, 0.05) is 7.05 Å². The van der Waals surface area contributed by atoms with Gasteiger partial charge >= 0.3 is 5.97 Å². The largest absolute Gasteiger partial charge is 0.496 e. The standard InChI is InChI=1S/C13H19NO5S/c1-8-7-12(9(2)6-11(8)19-5)20(17,18)14(4)10(3)13(15)16/h6-7,10H,1-5H3,(H,15,16). The Balaban J connectivity index is 3.36. The average molecular weight is 301 g/mol. The van der Waals surface area contributed by atoms with Crippen LogP contribution in [0.1, 0.15) is 18.1 Å². The average Bonchev–Trinajstić information content (AvgIpc) is 2.38. The second-order valence-electron chi connectivity index (χ2n) is 4.62. The maximum absolute atomic E-state index is 12.5. The highest BCUT2D eigenvalue weighted by Gasteiger charge is 2.30. The molecule has 1 aromatic carbocycles. The van der Waals surface area contributed by atoms with Crippen LogP contribution in [0.5, 0.6) is 5.75 Å². The zero-order chi connectivity index (χ0) is 15.7. The van der Waals surface area contributed by atoms with Crippen molar-refractivity contribution in [3.05, 3.63) is 23.3 Å². The molecule has 0 aromatic heterocycles. The zero-order valence-electron chi connectivity index (χ0n) is 12.2. The van der Waals surface area contributed by atoms with Gasteiger partial charge < -0.3 is 9.84 Å². The van der Waals surface area contributed by atoms with E-state index >= 15 is 0 Å². The smallest absolute Gasteiger partial charge is 0.321 e. The van der Waals surface area contributed by atoms with E-state index in [9.17, 15) is 13.2 Å². The number of hydrogen-bond donors (Lipinski definition) is 1. The van der Waals surface area contributed by atoms with Gasteiger partial charge in [-0.15, -0.1) is 0 Å². The normalized spacial score (nSPS) is 13.3. The molecule has 1 atom stereocenters. The number of nitrogens with zero attached hydrogens (tertiary/aromatic N) is 1. The van der Waals surface area contributed by atoms with Crippen molar-refractivity contribution in [2.45, 2.75) is 31.7 Å². The number of aliphatic carboxylic acids is 1. The molecular formula is C13H19NO5S. The van der Waals surface area contributed by atoms with Gasteiger partial charge in [-0.3, -0.25) is 4.79 Å². The van der Waals surface area contributed by atoms with E-state index in [2.05, 4.69) is 0 Å². The highest BCUT2D eigenvalue weighted by molar-refractivity contribution is 7.89. The molecule has 0 spiro atoms. The van der Waals surface area contributed by atoms with Gasteiger partial charge in [0.1, 0.15) is 11.8 Å². The molecule has 0 amide bonds. The molecule has 0 saturated heterocycles. The Kier molecular flexibility index (Phi) is 4.77. The molecule has 0 saturated carbocycles. The molecule has 0 fully saturated rings. The van der Waals surface area contributed by atoms with E-state index in [0.717, 1.165) is 4.31 Å². The molecule has 7 heteroatoms. The second kappa shape index (κ2) is 5.80. The molecule has 20 heavy (non-hydrogen) atoms. The van der Waals surface area contributed by atoms with Crippen LogP contribution in [0.25, 0.3) is 0 Å². The maximum atomic E-state index is 12.5. The number of rotatable bonds is 5. The summed E-state index contributed by atoms with van der Waals surface area (Å²) in [7, 11) is -1.10. The van der Waals surface area contributed by atoms with Gasteiger partial charge in [-0.2, -0.15) is 4.31 Å². The first-order chi connectivity index (χ1) is 9.12. The lowest BCUT2D eigenvalue weighted by atomic mass is 10.1. The maximum Gasteiger partial charge on any atom is 0.321 e. The van der Waals surface area contributed by atoms with E-state index in [1.165, 1.54) is 27.1 Å². The summed E-state index contributed by atoms with van der Waals surface area (Å²) < 4.78 is 30.9. The van der Waals surface area contributed by atoms with E-state index in [1.54, 1.807) is 19.9 Å². The highest BCUT2D eigenvalue weighted by Crippen LogP contribution is 2.27. The Morgan fingerprint density at radius 2 is 1.85 bits per heavy atom. The summed E-state index contributed by atoms with van der Waals surface area (Å²) in [4.78, 5) is 11.0. The van der Waals surface area contributed by atoms with Gasteiger partial charge in [-0.1, -0.05) is 0 Å². The first kappa shape index (κ1) is 16.5. The topological polar surface area (TPSA) is 83.9 Å². The predicted octanol–water partition coefficient (Wildman–Crippen LogP) is 1.41. The van der Waals surface area contributed by atoms with E-state index < -0.39 is 22.0 Å². The number of carbonyl (C=O) groups is 1. The highest BCUT2D eigenvalue weighted by atomic mass is 32.2. The fourth-order valence-corrected chi connectivity index (χ4v) is 3.39. The summed E-state index contributed by atoms with van der Waals surface area (Å²) in [6.45, 7) is 4.71. The molecule has 6 nitrogen and oxygen atoms in total. The van der Waals surface area contributed by atoms with Gasteiger partial charge in [-0.05, 0) is 44.0 Å². The summed E-state index contributed by atoms with van der Waals surface area (Å²) in [6, 6.07) is 1.98. The van der Waals surface area contributed by atoms with E-state index in [0.29, 0.717) is 16.9 Å². The predicted molar refractivity (Wildman–Crippen MR) is 74.5 cm³/mol. The number of likely N-dealkylation sites (N-methyl/N-ethyl adjacent to an activating group) is 1. The summed E-state index contributed by atoms with van der Waals surface area (Å²) in [6.07, 6.45) is 0. The third-order valence-electron chi connectivity index (χ3n) is 3.25. The molecule has 0 aliphatic heterocycles. The molecule has 1 rings (SSSR count). The second-order valence-corrected chi connectivity index (χ2v) is 6.59. The van der Waals surface area contributed by atoms with Crippen LogP contribution in [0.3, 0.4) is 0 Å². The Morgan fingerprint density at radius 1 is 1.30 bits per heavy atom. The van der Waals surface area contributed by atoms with Crippen molar-refractivity contribution in [3.63, 3.8) is 0 Å². The van der Waals surface area contributed by atoms with Crippen LogP contribution in [-0.2, 0) is 14.8 Å². The Morgan fingerprint density at radius 3 is 2.30 bits per heavy atom. The lowest BCUT2D eigenvalue weighted by Gasteiger charge is -2.22. The number of methoxy groups -OCH3 is 1. The van der Waals surface area contributed by atoms with Crippen molar-refractivity contribution in [3.8, 4) is 5.75 Å². The van der Waals surface area contributed by atoms with Gasteiger partial charge in [0.2, 0.25) is 10.0 Å². The van der Waals surface area contributed by atoms with Crippen molar-refractivity contribution in [2.24, 2.45) is 0 Å². The minimum absolute atomic E-state index is 0.0893. The number of carboxylic acids is 1. The fourth-order valence-electron chi connectivity index (χ4n) is 1.78. The van der Waals surface area contributed by atoms with Crippen LogP contribution < -0.4 is 4.74 Å². The van der Waals surface area contributed by atoms with Crippen LogP contribution in [-0.4, -0.2) is 44.0 Å². The number of hydrogen-bond acceptors (Lipinski definition) is 4. The molecule has 0 aliphatic rings. The van der Waals surface area contributed by atoms with Crippen molar-refractivity contribution in [1.82, 2.24) is 4.31 Å². The zero-order valence-corrected chi connectivity index (χ0v) is 13.0. The Labute approximate surface area is 119 Å². The van der Waals surface area contributed by atoms with Crippen molar-refractivity contribution < 1.29 is 23.1 Å². The first-order valence-corrected chi connectivity index (χ1v) is 7.43. The Bertz CT molecular complexity index is 624. The van der Waals surface area contributed by atoms with E-state index in [4.69, 9.17) is 9.84 Å². The van der Waals surface area contributed by atoms with Crippen molar-refractivity contribution >= 4 is 16.0 Å². The van der Waals surface area contributed by atoms with Crippen LogP contribution in [0.15, 0.2) is 17.0 Å². The van der Waals surface area contributed by atoms with Crippen molar-refractivity contribution in [2.75, 3.05) is 14.2 Å². The lowest BCUT2D eigenvalue weighted by molar-refractivity contribution is -0.140. The Hall–Kier alpha value is -1.60. The minimum Gasteiger partial charge on any atom is -0.496 e. The SMILES string of the molecule is COc1cc(C)c(S(=O)(=O)N(C)C(C)C(=O)O)cc1C. The summed E-state index contributed by atoms with van der Waals surface area (Å²) in [5.74, 6) is -0.602. The third kappa shape index (κ3) is 2.94. The molecule has 0 bridgehead atoms. The molecule has 112 valence electrons. The number of carboxylic acid groups (broad SMARTS) is 1. The number of aryl methyl sites for hydroxylation is 2. The van der Waals surface area contributed by atoms with Crippen molar-refractivity contribution in [1.29, 1.82) is 0 Å². The molecular weight excluding hydrogens is 282 g/mol. The minimum atomic E-state index is -3.86.